The van der Waals surface area contributed by atoms with E-state index in [1.807, 2.05) is 16.7 Å². The van der Waals surface area contributed by atoms with E-state index in [1.54, 1.807) is 66.7 Å². The minimum absolute atomic E-state index is 0.112. The van der Waals surface area contributed by atoms with E-state index in [0.717, 1.165) is 11.1 Å². The molecular weight excluding hydrogens is 563 g/mol. The van der Waals surface area contributed by atoms with Crippen LogP contribution in [0.5, 0.6) is 0 Å². The van der Waals surface area contributed by atoms with Gasteiger partial charge in [-0.15, -0.1) is 16.8 Å². The van der Waals surface area contributed by atoms with Gasteiger partial charge in [0, 0.05) is 28.4 Å². The first-order valence-electron chi connectivity index (χ1n) is 11.3. The van der Waals surface area contributed by atoms with Crippen LogP contribution in [-0.4, -0.2) is 32.2 Å². The fraction of sp³-hybridized carbons (Fsp3) is 0.0714. The normalized spacial score (nSPS) is 11.0. The summed E-state index contributed by atoms with van der Waals surface area (Å²) in [6, 6.07) is 19.1. The molecule has 0 spiro atoms. The van der Waals surface area contributed by atoms with Crippen molar-refractivity contribution in [2.45, 2.75) is 11.7 Å². The van der Waals surface area contributed by atoms with Crippen LogP contribution in [0.1, 0.15) is 15.9 Å². The van der Waals surface area contributed by atoms with Crippen molar-refractivity contribution in [3.63, 3.8) is 0 Å². The van der Waals surface area contributed by atoms with Crippen LogP contribution in [0.4, 0.5) is 5.69 Å². The molecule has 0 atom stereocenters. The molecule has 1 N–H and O–H groups in total. The highest BCUT2D eigenvalue weighted by Gasteiger charge is 2.16. The molecule has 1 aromatic heterocycles. The molecule has 0 unspecified atom stereocenters. The van der Waals surface area contributed by atoms with E-state index in [-0.39, 0.29) is 17.4 Å². The fourth-order valence-corrected chi connectivity index (χ4v) is 4.60. The van der Waals surface area contributed by atoms with Crippen LogP contribution >= 0.6 is 46.6 Å². The first-order valence-corrected chi connectivity index (χ1v) is 13.5. The molecule has 4 aromatic rings. The van der Waals surface area contributed by atoms with Gasteiger partial charge in [-0.25, -0.2) is 0 Å². The van der Waals surface area contributed by atoms with Crippen molar-refractivity contribution in [3.8, 4) is 11.4 Å². The predicted octanol–water partition coefficient (Wildman–Crippen LogP) is 7.72. The molecule has 192 valence electrons. The van der Waals surface area contributed by atoms with Crippen LogP contribution < -0.4 is 5.32 Å². The standard InChI is InChI=1S/C28H21Cl3N4O2S/c1-2-15-35-27(20-8-13-23(30)24(31)16-20)33-34-28(35)38-17-26(37)32-22-11-6-19(7-12-22)25(36)14-5-18-3-9-21(29)10-4-18/h2-14,16H,1,15,17H2,(H,32,37)/b14-5+. The number of aromatic nitrogens is 3. The topological polar surface area (TPSA) is 76.9 Å². The van der Waals surface area contributed by atoms with Crippen LogP contribution in [0.15, 0.2) is 90.6 Å². The van der Waals surface area contributed by atoms with Gasteiger partial charge in [0.25, 0.3) is 0 Å². The molecule has 6 nitrogen and oxygen atoms in total. The van der Waals surface area contributed by atoms with E-state index in [2.05, 4.69) is 22.1 Å². The first-order chi connectivity index (χ1) is 18.3. The molecule has 1 amide bonds. The average Bonchev–Trinajstić information content (AvgIpc) is 3.31. The highest BCUT2D eigenvalue weighted by atomic mass is 35.5. The maximum atomic E-state index is 12.6. The third-order valence-corrected chi connectivity index (χ3v) is 7.25. The average molecular weight is 584 g/mol. The molecule has 0 aliphatic carbocycles. The van der Waals surface area contributed by atoms with E-state index in [0.29, 0.717) is 43.8 Å². The van der Waals surface area contributed by atoms with Crippen LogP contribution in [0.3, 0.4) is 0 Å². The maximum absolute atomic E-state index is 12.6. The molecular formula is C28H21Cl3N4O2S. The maximum Gasteiger partial charge on any atom is 0.234 e. The highest BCUT2D eigenvalue weighted by molar-refractivity contribution is 7.99. The van der Waals surface area contributed by atoms with E-state index >= 15 is 0 Å². The summed E-state index contributed by atoms with van der Waals surface area (Å²) in [6.07, 6.45) is 4.95. The number of anilines is 1. The molecule has 0 aliphatic rings. The lowest BCUT2D eigenvalue weighted by Crippen LogP contribution is -2.14. The lowest BCUT2D eigenvalue weighted by atomic mass is 10.1. The fourth-order valence-electron chi connectivity index (χ4n) is 3.42. The van der Waals surface area contributed by atoms with E-state index < -0.39 is 0 Å². The van der Waals surface area contributed by atoms with Gasteiger partial charge in [-0.3, -0.25) is 14.2 Å². The molecule has 0 bridgehead atoms. The Morgan fingerprint density at radius 3 is 2.37 bits per heavy atom. The summed E-state index contributed by atoms with van der Waals surface area (Å²) < 4.78 is 1.85. The number of ketones is 1. The Morgan fingerprint density at radius 2 is 1.68 bits per heavy atom. The summed E-state index contributed by atoms with van der Waals surface area (Å²) >= 11 is 19.3. The van der Waals surface area contributed by atoms with Gasteiger partial charge < -0.3 is 5.32 Å². The minimum Gasteiger partial charge on any atom is -0.325 e. The third-order valence-electron chi connectivity index (χ3n) is 5.29. The molecule has 0 radical (unpaired) electrons. The van der Waals surface area contributed by atoms with Crippen molar-refractivity contribution in [3.05, 3.63) is 112 Å². The Morgan fingerprint density at radius 1 is 0.947 bits per heavy atom. The molecule has 0 saturated carbocycles. The lowest BCUT2D eigenvalue weighted by molar-refractivity contribution is -0.113. The SMILES string of the molecule is C=CCn1c(SCC(=O)Nc2ccc(C(=O)/C=C/c3ccc(Cl)cc3)cc2)nnc1-c1ccc(Cl)c(Cl)c1. The molecule has 0 fully saturated rings. The largest absolute Gasteiger partial charge is 0.325 e. The first kappa shape index (κ1) is 27.7. The molecule has 0 saturated heterocycles. The van der Waals surface area contributed by atoms with Crippen molar-refractivity contribution < 1.29 is 9.59 Å². The molecule has 3 aromatic carbocycles. The van der Waals surface area contributed by atoms with Crippen LogP contribution in [-0.2, 0) is 11.3 Å². The Balaban J connectivity index is 1.36. The lowest BCUT2D eigenvalue weighted by Gasteiger charge is -2.09. The smallest absolute Gasteiger partial charge is 0.234 e. The van der Waals surface area contributed by atoms with Crippen molar-refractivity contribution in [1.82, 2.24) is 14.8 Å². The summed E-state index contributed by atoms with van der Waals surface area (Å²) in [5, 5.41) is 13.4. The van der Waals surface area contributed by atoms with Gasteiger partial charge in [-0.2, -0.15) is 0 Å². The number of thioether (sulfide) groups is 1. The van der Waals surface area contributed by atoms with Crippen molar-refractivity contribution in [2.75, 3.05) is 11.1 Å². The Bertz CT molecular complexity index is 1500. The summed E-state index contributed by atoms with van der Waals surface area (Å²) in [5.74, 6) is 0.339. The Kier molecular flexibility index (Phi) is 9.42. The Hall–Kier alpha value is -3.36. The predicted molar refractivity (Wildman–Crippen MR) is 156 cm³/mol. The van der Waals surface area contributed by atoms with Gasteiger partial charge in [0.1, 0.15) is 0 Å². The van der Waals surface area contributed by atoms with Gasteiger partial charge in [-0.1, -0.05) is 70.8 Å². The van der Waals surface area contributed by atoms with Gasteiger partial charge in [0.2, 0.25) is 5.91 Å². The highest BCUT2D eigenvalue weighted by Crippen LogP contribution is 2.30. The molecule has 1 heterocycles. The second-order valence-electron chi connectivity index (χ2n) is 8.00. The molecule has 4 rings (SSSR count). The number of hydrogen-bond acceptors (Lipinski definition) is 5. The number of carbonyl (C=O) groups is 2. The van der Waals surface area contributed by atoms with Crippen molar-refractivity contribution in [2.24, 2.45) is 0 Å². The number of allylic oxidation sites excluding steroid dienone is 2. The van der Waals surface area contributed by atoms with Crippen LogP contribution in [0.2, 0.25) is 15.1 Å². The second-order valence-corrected chi connectivity index (χ2v) is 10.2. The summed E-state index contributed by atoms with van der Waals surface area (Å²) in [7, 11) is 0. The number of benzene rings is 3. The number of hydrogen-bond donors (Lipinski definition) is 1. The van der Waals surface area contributed by atoms with Gasteiger partial charge in [0.05, 0.1) is 15.8 Å². The Labute approximate surface area is 239 Å². The number of carbonyl (C=O) groups excluding carboxylic acids is 2. The zero-order valence-corrected chi connectivity index (χ0v) is 23.0. The number of nitrogens with zero attached hydrogens (tertiary/aromatic N) is 3. The summed E-state index contributed by atoms with van der Waals surface area (Å²) in [4.78, 5) is 25.0. The van der Waals surface area contributed by atoms with Crippen LogP contribution in [0, 0.1) is 0 Å². The molecule has 38 heavy (non-hydrogen) atoms. The number of halogens is 3. The number of amides is 1. The van der Waals surface area contributed by atoms with Gasteiger partial charge in [0.15, 0.2) is 16.8 Å². The van der Waals surface area contributed by atoms with E-state index in [9.17, 15) is 9.59 Å². The quantitative estimate of drug-likeness (QED) is 0.0895. The minimum atomic E-state index is -0.221. The van der Waals surface area contributed by atoms with Gasteiger partial charge >= 0.3 is 0 Å². The van der Waals surface area contributed by atoms with E-state index in [1.165, 1.54) is 17.8 Å². The number of rotatable bonds is 10. The zero-order chi connectivity index (χ0) is 27.1. The summed E-state index contributed by atoms with van der Waals surface area (Å²) in [5.41, 5.74) is 2.72. The van der Waals surface area contributed by atoms with Crippen molar-refractivity contribution in [1.29, 1.82) is 0 Å². The van der Waals surface area contributed by atoms with Crippen LogP contribution in [0.25, 0.3) is 17.5 Å². The molecule has 10 heteroatoms. The van der Waals surface area contributed by atoms with Gasteiger partial charge in [-0.05, 0) is 66.2 Å². The summed E-state index contributed by atoms with van der Waals surface area (Å²) in [6.45, 7) is 4.25. The third kappa shape index (κ3) is 7.14. The zero-order valence-electron chi connectivity index (χ0n) is 19.9. The monoisotopic (exact) mass is 582 g/mol. The van der Waals surface area contributed by atoms with Crippen molar-refractivity contribution >= 4 is 70.0 Å². The number of nitrogens with one attached hydrogen (secondary N) is 1. The van der Waals surface area contributed by atoms with E-state index in [4.69, 9.17) is 34.8 Å². The molecule has 0 aliphatic heterocycles. The second kappa shape index (κ2) is 12.9.